The lowest BCUT2D eigenvalue weighted by Gasteiger charge is -2.19. The minimum absolute atomic E-state index is 0.0159. The van der Waals surface area contributed by atoms with Gasteiger partial charge in [-0.25, -0.2) is 13.8 Å². The molecular weight excluding hydrogens is 456 g/mol. The monoisotopic (exact) mass is 483 g/mol. The van der Waals surface area contributed by atoms with Crippen LogP contribution in [0.5, 0.6) is 11.5 Å². The molecule has 0 bridgehead atoms. The van der Waals surface area contributed by atoms with E-state index in [0.29, 0.717) is 17.9 Å². The minimum Gasteiger partial charge on any atom is -0.491 e. The number of benzene rings is 1. The van der Waals surface area contributed by atoms with Crippen LogP contribution in [0.3, 0.4) is 0 Å². The molecule has 1 saturated heterocycles. The third-order valence-electron chi connectivity index (χ3n) is 6.39. The summed E-state index contributed by atoms with van der Waals surface area (Å²) in [6, 6.07) is 11.2. The molecular formula is C25H27F2N5O3. The number of aromatic amines is 1. The molecule has 35 heavy (non-hydrogen) atoms. The van der Waals surface area contributed by atoms with Crippen LogP contribution in [-0.2, 0) is 0 Å². The van der Waals surface area contributed by atoms with E-state index >= 15 is 0 Å². The van der Waals surface area contributed by atoms with Crippen LogP contribution >= 0.6 is 0 Å². The molecule has 2 N–H and O–H groups in total. The van der Waals surface area contributed by atoms with Gasteiger partial charge in [0.15, 0.2) is 0 Å². The van der Waals surface area contributed by atoms with Gasteiger partial charge >= 0.3 is 0 Å². The highest BCUT2D eigenvalue weighted by Crippen LogP contribution is 2.48. The van der Waals surface area contributed by atoms with Crippen molar-refractivity contribution in [1.29, 1.82) is 0 Å². The molecule has 0 radical (unpaired) electrons. The van der Waals surface area contributed by atoms with Crippen LogP contribution in [0, 0.1) is 5.92 Å². The molecule has 5 rings (SSSR count). The number of hydrogen-bond acceptors (Lipinski definition) is 6. The van der Waals surface area contributed by atoms with Gasteiger partial charge in [0.05, 0.1) is 43.1 Å². The summed E-state index contributed by atoms with van der Waals surface area (Å²) in [6.07, 6.45) is 5.40. The van der Waals surface area contributed by atoms with Gasteiger partial charge in [0.2, 0.25) is 0 Å². The Kier molecular flexibility index (Phi) is 6.27. The van der Waals surface area contributed by atoms with Gasteiger partial charge in [-0.1, -0.05) is 12.1 Å². The minimum atomic E-state index is -2.58. The highest BCUT2D eigenvalue weighted by molar-refractivity contribution is 5.93. The maximum Gasteiger partial charge on any atom is 0.255 e. The summed E-state index contributed by atoms with van der Waals surface area (Å²) in [5.41, 5.74) is 1.46. The number of nitrogens with zero attached hydrogens (tertiary/aromatic N) is 3. The van der Waals surface area contributed by atoms with E-state index in [1.54, 1.807) is 18.5 Å². The van der Waals surface area contributed by atoms with E-state index in [2.05, 4.69) is 25.4 Å². The van der Waals surface area contributed by atoms with Crippen LogP contribution in [0.1, 0.15) is 41.7 Å². The van der Waals surface area contributed by atoms with Crippen molar-refractivity contribution in [3.63, 3.8) is 0 Å². The Balaban J connectivity index is 1.09. The van der Waals surface area contributed by atoms with E-state index in [0.717, 1.165) is 30.1 Å². The van der Waals surface area contributed by atoms with Gasteiger partial charge in [-0.15, -0.1) is 0 Å². The lowest BCUT2D eigenvalue weighted by Crippen LogP contribution is -2.26. The van der Waals surface area contributed by atoms with E-state index in [1.165, 1.54) is 6.20 Å². The molecule has 1 aliphatic heterocycles. The van der Waals surface area contributed by atoms with Crippen LogP contribution < -0.4 is 19.7 Å². The number of anilines is 1. The fourth-order valence-corrected chi connectivity index (χ4v) is 4.09. The van der Waals surface area contributed by atoms with Crippen molar-refractivity contribution in [3.05, 3.63) is 66.1 Å². The number of hydrogen-bond donors (Lipinski definition) is 2. The van der Waals surface area contributed by atoms with Crippen LogP contribution in [0.25, 0.3) is 0 Å². The zero-order chi connectivity index (χ0) is 24.4. The smallest absolute Gasteiger partial charge is 0.255 e. The molecule has 184 valence electrons. The quantitative estimate of drug-likeness (QED) is 0.478. The van der Waals surface area contributed by atoms with E-state index in [1.807, 2.05) is 37.3 Å². The molecule has 0 spiro atoms. The van der Waals surface area contributed by atoms with Crippen LogP contribution in [0.4, 0.5) is 14.6 Å². The van der Waals surface area contributed by atoms with Crippen molar-refractivity contribution in [2.24, 2.45) is 5.92 Å². The molecule has 1 unspecified atom stereocenters. The summed E-state index contributed by atoms with van der Waals surface area (Å²) in [5, 5.41) is 9.37. The summed E-state index contributed by atoms with van der Waals surface area (Å²) >= 11 is 0. The summed E-state index contributed by atoms with van der Waals surface area (Å²) in [7, 11) is 0. The predicted molar refractivity (Wildman–Crippen MR) is 125 cm³/mol. The van der Waals surface area contributed by atoms with Crippen molar-refractivity contribution in [1.82, 2.24) is 20.5 Å². The Morgan fingerprint density at radius 2 is 2.00 bits per heavy atom. The van der Waals surface area contributed by atoms with Gasteiger partial charge in [-0.3, -0.25) is 9.89 Å². The number of rotatable bonds is 9. The second-order valence-corrected chi connectivity index (χ2v) is 9.05. The summed E-state index contributed by atoms with van der Waals surface area (Å²) in [4.78, 5) is 18.8. The van der Waals surface area contributed by atoms with Crippen molar-refractivity contribution < 1.29 is 23.0 Å². The normalized spacial score (nSPS) is 21.4. The third kappa shape index (κ3) is 5.52. The SMILES string of the molecule is C[C@H](NC(=O)c1cn[nH]c1)c1ccc(OC2CCN(c3ccc(OC[C@H]4CC4(F)F)cn3)C2)cc1. The zero-order valence-corrected chi connectivity index (χ0v) is 19.3. The maximum absolute atomic E-state index is 13.0. The molecule has 1 aliphatic carbocycles. The molecule has 3 atom stereocenters. The number of H-pyrrole nitrogens is 1. The fourth-order valence-electron chi connectivity index (χ4n) is 4.09. The number of carbonyl (C=O) groups excluding carboxylic acids is 1. The number of amides is 1. The van der Waals surface area contributed by atoms with Gasteiger partial charge in [-0.2, -0.15) is 5.10 Å². The van der Waals surface area contributed by atoms with E-state index in [-0.39, 0.29) is 31.1 Å². The average molecular weight is 484 g/mol. The Morgan fingerprint density at radius 3 is 2.66 bits per heavy atom. The Labute approximate surface area is 201 Å². The molecule has 1 aromatic carbocycles. The van der Waals surface area contributed by atoms with Crippen molar-refractivity contribution in [2.75, 3.05) is 24.6 Å². The first-order chi connectivity index (χ1) is 16.9. The Hall–Kier alpha value is -3.69. The molecule has 1 amide bonds. The standard InChI is InChI=1S/C25H27F2N5O3/c1-16(31-24(33)18-11-29-30-12-18)17-2-4-20(5-3-17)35-22-8-9-32(14-22)23-7-6-21(13-28-23)34-15-19-10-25(19,26)27/h2-7,11-13,16,19,22H,8-10,14-15H2,1H3,(H,29,30)(H,31,33)/t16-,19+,22?/m0/s1. The van der Waals surface area contributed by atoms with E-state index in [4.69, 9.17) is 9.47 Å². The number of ether oxygens (including phenoxy) is 2. The van der Waals surface area contributed by atoms with Gasteiger partial charge in [0, 0.05) is 25.6 Å². The molecule has 2 aromatic heterocycles. The largest absolute Gasteiger partial charge is 0.491 e. The number of pyridine rings is 1. The number of aromatic nitrogens is 3. The first-order valence-corrected chi connectivity index (χ1v) is 11.7. The molecule has 2 aliphatic rings. The second kappa shape index (κ2) is 9.52. The van der Waals surface area contributed by atoms with Crippen LogP contribution in [0.15, 0.2) is 55.0 Å². The fraction of sp³-hybridized carbons (Fsp3) is 0.400. The van der Waals surface area contributed by atoms with E-state index < -0.39 is 11.8 Å². The molecule has 3 heterocycles. The van der Waals surface area contributed by atoms with Gasteiger partial charge in [0.1, 0.15) is 23.4 Å². The summed E-state index contributed by atoms with van der Waals surface area (Å²) in [6.45, 7) is 3.44. The predicted octanol–water partition coefficient (Wildman–Crippen LogP) is 3.99. The van der Waals surface area contributed by atoms with Crippen molar-refractivity contribution in [2.45, 2.75) is 37.8 Å². The van der Waals surface area contributed by atoms with Gasteiger partial charge in [-0.05, 0) is 36.8 Å². The Morgan fingerprint density at radius 1 is 1.23 bits per heavy atom. The first-order valence-electron chi connectivity index (χ1n) is 11.7. The van der Waals surface area contributed by atoms with Crippen molar-refractivity contribution >= 4 is 11.7 Å². The lowest BCUT2D eigenvalue weighted by atomic mass is 10.1. The van der Waals surface area contributed by atoms with E-state index in [9.17, 15) is 13.6 Å². The molecule has 2 fully saturated rings. The summed E-state index contributed by atoms with van der Waals surface area (Å²) in [5.74, 6) is -1.38. The molecule has 8 nitrogen and oxygen atoms in total. The molecule has 1 saturated carbocycles. The molecule has 3 aromatic rings. The maximum atomic E-state index is 13.0. The number of alkyl halides is 2. The average Bonchev–Trinajstić information content (AvgIpc) is 3.29. The van der Waals surface area contributed by atoms with Crippen LogP contribution in [-0.4, -0.2) is 52.8 Å². The summed E-state index contributed by atoms with van der Waals surface area (Å²) < 4.78 is 37.5. The highest BCUT2D eigenvalue weighted by atomic mass is 19.3. The van der Waals surface area contributed by atoms with Gasteiger partial charge in [0.25, 0.3) is 11.8 Å². The highest BCUT2D eigenvalue weighted by Gasteiger charge is 2.57. The van der Waals surface area contributed by atoms with Crippen molar-refractivity contribution in [3.8, 4) is 11.5 Å². The molecule has 10 heteroatoms. The van der Waals surface area contributed by atoms with Gasteiger partial charge < -0.3 is 19.7 Å². The lowest BCUT2D eigenvalue weighted by molar-refractivity contribution is 0.0855. The Bertz CT molecular complexity index is 1140. The first kappa shape index (κ1) is 23.1. The topological polar surface area (TPSA) is 92.4 Å². The number of carbonyl (C=O) groups is 1. The number of nitrogens with one attached hydrogen (secondary N) is 2. The third-order valence-corrected chi connectivity index (χ3v) is 6.39. The zero-order valence-electron chi connectivity index (χ0n) is 19.3. The van der Waals surface area contributed by atoms with Crippen LogP contribution in [0.2, 0.25) is 0 Å². The second-order valence-electron chi connectivity index (χ2n) is 9.05. The number of halogens is 2.